The third kappa shape index (κ3) is 5.88. The van der Waals surface area contributed by atoms with E-state index in [0.717, 1.165) is 36.6 Å². The van der Waals surface area contributed by atoms with E-state index in [1.54, 1.807) is 6.07 Å². The lowest BCUT2D eigenvalue weighted by Crippen LogP contribution is -2.13. The van der Waals surface area contributed by atoms with E-state index >= 15 is 0 Å². The van der Waals surface area contributed by atoms with Crippen LogP contribution in [-0.2, 0) is 6.42 Å². The molecular formula is C17H22Cl2N4. The van der Waals surface area contributed by atoms with Crippen LogP contribution in [0.2, 0.25) is 10.0 Å². The standard InChI is InChI=1S/C17H22Cl2N4/c1-11(2)10-21-17-22-12(3)8-16(23-17)20-7-6-13-4-5-14(18)9-15(13)19/h4-5,8-9,11H,6-7,10H2,1-3H3,(H2,20,21,22,23). The summed E-state index contributed by atoms with van der Waals surface area (Å²) in [6.07, 6.45) is 0.799. The predicted molar refractivity (Wildman–Crippen MR) is 98.8 cm³/mol. The van der Waals surface area contributed by atoms with E-state index in [0.29, 0.717) is 21.9 Å². The Labute approximate surface area is 147 Å². The van der Waals surface area contributed by atoms with Crippen LogP contribution in [-0.4, -0.2) is 23.1 Å². The van der Waals surface area contributed by atoms with Gasteiger partial charge in [-0.1, -0.05) is 43.1 Å². The van der Waals surface area contributed by atoms with E-state index in [9.17, 15) is 0 Å². The molecule has 0 bridgehead atoms. The van der Waals surface area contributed by atoms with Gasteiger partial charge in [0.05, 0.1) is 0 Å². The molecule has 0 aliphatic carbocycles. The van der Waals surface area contributed by atoms with Gasteiger partial charge in [0.2, 0.25) is 5.95 Å². The molecule has 124 valence electrons. The molecule has 0 saturated carbocycles. The second kappa shape index (κ2) is 8.37. The molecule has 0 unspecified atom stereocenters. The SMILES string of the molecule is Cc1cc(NCCc2ccc(Cl)cc2Cl)nc(NCC(C)C)n1. The van der Waals surface area contributed by atoms with Crippen molar-refractivity contribution in [1.29, 1.82) is 0 Å². The van der Waals surface area contributed by atoms with Gasteiger partial charge in [-0.25, -0.2) is 4.98 Å². The van der Waals surface area contributed by atoms with Gasteiger partial charge in [0.15, 0.2) is 0 Å². The van der Waals surface area contributed by atoms with Gasteiger partial charge < -0.3 is 10.6 Å². The number of aryl methyl sites for hydroxylation is 1. The van der Waals surface area contributed by atoms with Crippen molar-refractivity contribution in [1.82, 2.24) is 9.97 Å². The maximum atomic E-state index is 6.18. The molecular weight excluding hydrogens is 331 g/mol. The number of rotatable bonds is 7. The number of anilines is 2. The molecule has 0 spiro atoms. The van der Waals surface area contributed by atoms with Gasteiger partial charge in [0, 0.05) is 34.9 Å². The zero-order valence-electron chi connectivity index (χ0n) is 13.7. The highest BCUT2D eigenvalue weighted by Crippen LogP contribution is 2.21. The quantitative estimate of drug-likeness (QED) is 0.750. The van der Waals surface area contributed by atoms with E-state index in [1.807, 2.05) is 25.1 Å². The fraction of sp³-hybridized carbons (Fsp3) is 0.412. The van der Waals surface area contributed by atoms with Crippen LogP contribution in [0.3, 0.4) is 0 Å². The Kier molecular flexibility index (Phi) is 6.48. The van der Waals surface area contributed by atoms with Crippen molar-refractivity contribution in [3.05, 3.63) is 45.6 Å². The van der Waals surface area contributed by atoms with Gasteiger partial charge in [-0.05, 0) is 37.0 Å². The molecule has 2 N–H and O–H groups in total. The number of halogens is 2. The molecule has 4 nitrogen and oxygen atoms in total. The minimum atomic E-state index is 0.544. The average Bonchev–Trinajstić information content (AvgIpc) is 2.47. The van der Waals surface area contributed by atoms with Gasteiger partial charge in [-0.15, -0.1) is 0 Å². The van der Waals surface area contributed by atoms with Gasteiger partial charge in [-0.2, -0.15) is 4.98 Å². The molecule has 0 amide bonds. The minimum absolute atomic E-state index is 0.544. The highest BCUT2D eigenvalue weighted by molar-refractivity contribution is 6.35. The Balaban J connectivity index is 1.94. The topological polar surface area (TPSA) is 49.8 Å². The summed E-state index contributed by atoms with van der Waals surface area (Å²) in [6.45, 7) is 7.85. The number of hydrogen-bond acceptors (Lipinski definition) is 4. The minimum Gasteiger partial charge on any atom is -0.370 e. The van der Waals surface area contributed by atoms with Crippen LogP contribution in [0.25, 0.3) is 0 Å². The van der Waals surface area contributed by atoms with E-state index in [4.69, 9.17) is 23.2 Å². The second-order valence-corrected chi connectivity index (χ2v) is 6.75. The first-order valence-electron chi connectivity index (χ1n) is 7.71. The first kappa shape index (κ1) is 17.8. The summed E-state index contributed by atoms with van der Waals surface area (Å²) in [7, 11) is 0. The monoisotopic (exact) mass is 352 g/mol. The van der Waals surface area contributed by atoms with Gasteiger partial charge in [0.25, 0.3) is 0 Å². The lowest BCUT2D eigenvalue weighted by Gasteiger charge is -2.11. The largest absolute Gasteiger partial charge is 0.370 e. The molecule has 0 aliphatic heterocycles. The first-order chi connectivity index (χ1) is 10.9. The zero-order chi connectivity index (χ0) is 16.8. The average molecular weight is 353 g/mol. The van der Waals surface area contributed by atoms with Crippen LogP contribution >= 0.6 is 23.2 Å². The summed E-state index contributed by atoms with van der Waals surface area (Å²) in [5, 5.41) is 7.92. The van der Waals surface area contributed by atoms with Crippen molar-refractivity contribution in [2.75, 3.05) is 23.7 Å². The van der Waals surface area contributed by atoms with Crippen molar-refractivity contribution in [3.63, 3.8) is 0 Å². The number of nitrogens with zero attached hydrogens (tertiary/aromatic N) is 2. The molecule has 0 atom stereocenters. The maximum absolute atomic E-state index is 6.18. The Morgan fingerprint density at radius 1 is 1.09 bits per heavy atom. The number of aromatic nitrogens is 2. The van der Waals surface area contributed by atoms with Crippen molar-refractivity contribution < 1.29 is 0 Å². The molecule has 2 aromatic rings. The summed E-state index contributed by atoms with van der Waals surface area (Å²) >= 11 is 12.1. The Hall–Kier alpha value is -1.52. The Morgan fingerprint density at radius 3 is 2.57 bits per heavy atom. The number of hydrogen-bond donors (Lipinski definition) is 2. The van der Waals surface area contributed by atoms with Crippen molar-refractivity contribution >= 4 is 35.0 Å². The van der Waals surface area contributed by atoms with Crippen LogP contribution in [0.1, 0.15) is 25.1 Å². The van der Waals surface area contributed by atoms with E-state index < -0.39 is 0 Å². The summed E-state index contributed by atoms with van der Waals surface area (Å²) in [5.41, 5.74) is 1.99. The summed E-state index contributed by atoms with van der Waals surface area (Å²) in [4.78, 5) is 8.88. The van der Waals surface area contributed by atoms with Gasteiger partial charge in [0.1, 0.15) is 5.82 Å². The lowest BCUT2D eigenvalue weighted by atomic mass is 10.1. The lowest BCUT2D eigenvalue weighted by molar-refractivity contribution is 0.684. The molecule has 1 heterocycles. The molecule has 0 fully saturated rings. The van der Waals surface area contributed by atoms with Gasteiger partial charge in [-0.3, -0.25) is 0 Å². The maximum Gasteiger partial charge on any atom is 0.224 e. The van der Waals surface area contributed by atoms with Crippen LogP contribution in [0.5, 0.6) is 0 Å². The molecule has 1 aromatic carbocycles. The van der Waals surface area contributed by atoms with Crippen molar-refractivity contribution in [2.45, 2.75) is 27.2 Å². The summed E-state index contributed by atoms with van der Waals surface area (Å²) in [5.74, 6) is 2.02. The van der Waals surface area contributed by atoms with Crippen LogP contribution in [0.15, 0.2) is 24.3 Å². The fourth-order valence-electron chi connectivity index (χ4n) is 2.08. The highest BCUT2D eigenvalue weighted by Gasteiger charge is 2.04. The van der Waals surface area contributed by atoms with Gasteiger partial charge >= 0.3 is 0 Å². The third-order valence-corrected chi connectivity index (χ3v) is 3.83. The molecule has 1 aromatic heterocycles. The first-order valence-corrected chi connectivity index (χ1v) is 8.47. The molecule has 6 heteroatoms. The van der Waals surface area contributed by atoms with Crippen molar-refractivity contribution in [2.24, 2.45) is 5.92 Å². The normalized spacial score (nSPS) is 10.9. The molecule has 0 aliphatic rings. The summed E-state index contributed by atoms with van der Waals surface area (Å²) < 4.78 is 0. The third-order valence-electron chi connectivity index (χ3n) is 3.24. The number of benzene rings is 1. The summed E-state index contributed by atoms with van der Waals surface area (Å²) in [6, 6.07) is 7.50. The van der Waals surface area contributed by atoms with Crippen LogP contribution < -0.4 is 10.6 Å². The smallest absolute Gasteiger partial charge is 0.224 e. The second-order valence-electron chi connectivity index (χ2n) is 5.91. The highest BCUT2D eigenvalue weighted by atomic mass is 35.5. The van der Waals surface area contributed by atoms with E-state index in [-0.39, 0.29) is 0 Å². The Bertz CT molecular complexity index is 659. The fourth-order valence-corrected chi connectivity index (χ4v) is 2.59. The van der Waals surface area contributed by atoms with Crippen molar-refractivity contribution in [3.8, 4) is 0 Å². The van der Waals surface area contributed by atoms with Crippen LogP contribution in [0.4, 0.5) is 11.8 Å². The zero-order valence-corrected chi connectivity index (χ0v) is 15.2. The van der Waals surface area contributed by atoms with Crippen LogP contribution in [0, 0.1) is 12.8 Å². The predicted octanol–water partition coefficient (Wildman–Crippen LogP) is 4.81. The number of nitrogens with one attached hydrogen (secondary N) is 2. The molecule has 0 saturated heterocycles. The molecule has 2 rings (SSSR count). The van der Waals surface area contributed by atoms with E-state index in [1.165, 1.54) is 0 Å². The Morgan fingerprint density at radius 2 is 1.87 bits per heavy atom. The molecule has 0 radical (unpaired) electrons. The van der Waals surface area contributed by atoms with E-state index in [2.05, 4.69) is 34.4 Å². The molecule has 23 heavy (non-hydrogen) atoms.